The Morgan fingerprint density at radius 3 is 2.63 bits per heavy atom. The monoisotopic (exact) mass is 386 g/mol. The fourth-order valence-electron chi connectivity index (χ4n) is 4.08. The first-order chi connectivity index (χ1) is 13.2. The van der Waals surface area contributed by atoms with E-state index in [1.165, 1.54) is 29.8 Å². The fourth-order valence-corrected chi connectivity index (χ4v) is 5.12. The number of ether oxygens (including phenoxy) is 2. The molecule has 27 heavy (non-hydrogen) atoms. The van der Waals surface area contributed by atoms with E-state index in [0.717, 1.165) is 29.3 Å². The summed E-state index contributed by atoms with van der Waals surface area (Å²) in [6.45, 7) is 1.18. The molecule has 0 saturated carbocycles. The summed E-state index contributed by atoms with van der Waals surface area (Å²) in [5.74, 6) is 0.824. The predicted molar refractivity (Wildman–Crippen MR) is 107 cm³/mol. The Bertz CT molecular complexity index is 771. The van der Waals surface area contributed by atoms with Crippen LogP contribution >= 0.6 is 11.3 Å². The SMILES string of the molecule is COc1ccc(C2(C(=O)Nc3nc4c(s3)CCCCC4)CCOCC2)cc1. The third-order valence-electron chi connectivity index (χ3n) is 5.74. The molecule has 144 valence electrons. The normalized spacial score (nSPS) is 19.0. The molecule has 2 aromatic rings. The van der Waals surface area contributed by atoms with Crippen LogP contribution in [-0.4, -0.2) is 31.2 Å². The van der Waals surface area contributed by atoms with E-state index in [1.54, 1.807) is 18.4 Å². The number of benzene rings is 1. The molecule has 5 nitrogen and oxygen atoms in total. The zero-order valence-electron chi connectivity index (χ0n) is 15.8. The second kappa shape index (κ2) is 7.98. The molecular weight excluding hydrogens is 360 g/mol. The van der Waals surface area contributed by atoms with Gasteiger partial charge in [-0.3, -0.25) is 4.79 Å². The number of hydrogen-bond donors (Lipinski definition) is 1. The summed E-state index contributed by atoms with van der Waals surface area (Å²) in [5.41, 5.74) is 1.62. The minimum Gasteiger partial charge on any atom is -0.497 e. The van der Waals surface area contributed by atoms with E-state index in [4.69, 9.17) is 14.5 Å². The number of rotatable bonds is 4. The second-order valence-corrected chi connectivity index (χ2v) is 8.41. The number of aryl methyl sites for hydroxylation is 2. The number of nitrogens with one attached hydrogen (secondary N) is 1. The first-order valence-electron chi connectivity index (χ1n) is 9.73. The molecule has 1 saturated heterocycles. The lowest BCUT2D eigenvalue weighted by molar-refractivity contribution is -0.125. The summed E-state index contributed by atoms with van der Waals surface area (Å²) >= 11 is 1.65. The lowest BCUT2D eigenvalue weighted by Gasteiger charge is -2.36. The van der Waals surface area contributed by atoms with Crippen molar-refractivity contribution >= 4 is 22.4 Å². The van der Waals surface area contributed by atoms with E-state index in [-0.39, 0.29) is 5.91 Å². The van der Waals surface area contributed by atoms with Gasteiger partial charge in [-0.1, -0.05) is 18.6 Å². The number of methoxy groups -OCH3 is 1. The van der Waals surface area contributed by atoms with Crippen LogP contribution in [0.1, 0.15) is 48.2 Å². The molecule has 1 aromatic carbocycles. The lowest BCUT2D eigenvalue weighted by Crippen LogP contribution is -2.44. The second-order valence-electron chi connectivity index (χ2n) is 7.33. The number of anilines is 1. The maximum Gasteiger partial charge on any atom is 0.236 e. The van der Waals surface area contributed by atoms with Gasteiger partial charge in [-0.05, 0) is 56.2 Å². The van der Waals surface area contributed by atoms with Gasteiger partial charge < -0.3 is 14.8 Å². The highest BCUT2D eigenvalue weighted by molar-refractivity contribution is 7.15. The van der Waals surface area contributed by atoms with Gasteiger partial charge in [0.25, 0.3) is 0 Å². The van der Waals surface area contributed by atoms with E-state index in [1.807, 2.05) is 24.3 Å². The van der Waals surface area contributed by atoms with Crippen LogP contribution in [0.2, 0.25) is 0 Å². The molecule has 0 unspecified atom stereocenters. The van der Waals surface area contributed by atoms with E-state index in [0.29, 0.717) is 26.1 Å². The summed E-state index contributed by atoms with van der Waals surface area (Å²) in [6.07, 6.45) is 7.14. The maximum atomic E-state index is 13.4. The van der Waals surface area contributed by atoms with E-state index < -0.39 is 5.41 Å². The molecule has 1 aromatic heterocycles. The molecule has 0 bridgehead atoms. The van der Waals surface area contributed by atoms with E-state index in [9.17, 15) is 4.79 Å². The lowest BCUT2D eigenvalue weighted by atomic mass is 9.73. The van der Waals surface area contributed by atoms with Crippen LogP contribution in [-0.2, 0) is 27.8 Å². The molecule has 1 aliphatic heterocycles. The van der Waals surface area contributed by atoms with Crippen molar-refractivity contribution in [3.8, 4) is 5.75 Å². The van der Waals surface area contributed by atoms with Gasteiger partial charge in [-0.2, -0.15) is 0 Å². The Hall–Kier alpha value is -1.92. The summed E-state index contributed by atoms with van der Waals surface area (Å²) < 4.78 is 10.8. The third-order valence-corrected chi connectivity index (χ3v) is 6.81. The number of hydrogen-bond acceptors (Lipinski definition) is 5. The standard InChI is InChI=1S/C21H26N2O3S/c1-25-16-9-7-15(8-10-16)21(11-13-26-14-12-21)19(24)23-20-22-17-5-3-2-4-6-18(17)27-20/h7-10H,2-6,11-14H2,1H3,(H,22,23,24). The van der Waals surface area contributed by atoms with Crippen LogP contribution in [0.4, 0.5) is 5.13 Å². The van der Waals surface area contributed by atoms with Crippen molar-refractivity contribution in [3.63, 3.8) is 0 Å². The minimum atomic E-state index is -0.576. The summed E-state index contributed by atoms with van der Waals surface area (Å²) in [4.78, 5) is 19.5. The highest BCUT2D eigenvalue weighted by atomic mass is 32.1. The quantitative estimate of drug-likeness (QED) is 0.804. The highest BCUT2D eigenvalue weighted by Crippen LogP contribution is 2.38. The topological polar surface area (TPSA) is 60.5 Å². The summed E-state index contributed by atoms with van der Waals surface area (Å²) in [6, 6.07) is 7.85. The van der Waals surface area contributed by atoms with Crippen molar-refractivity contribution in [2.75, 3.05) is 25.6 Å². The van der Waals surface area contributed by atoms with Gasteiger partial charge in [-0.25, -0.2) is 4.98 Å². The zero-order valence-corrected chi connectivity index (χ0v) is 16.6. The van der Waals surface area contributed by atoms with Crippen LogP contribution < -0.4 is 10.1 Å². The average molecular weight is 387 g/mol. The molecule has 1 N–H and O–H groups in total. The van der Waals surface area contributed by atoms with Gasteiger partial charge in [0.15, 0.2) is 5.13 Å². The largest absolute Gasteiger partial charge is 0.497 e. The van der Waals surface area contributed by atoms with Crippen molar-refractivity contribution in [3.05, 3.63) is 40.4 Å². The Kier molecular flexibility index (Phi) is 5.45. The smallest absolute Gasteiger partial charge is 0.236 e. The molecule has 1 fully saturated rings. The molecule has 1 amide bonds. The molecule has 6 heteroatoms. The van der Waals surface area contributed by atoms with Crippen molar-refractivity contribution in [1.29, 1.82) is 0 Å². The van der Waals surface area contributed by atoms with Crippen molar-refractivity contribution < 1.29 is 14.3 Å². The number of thiazole rings is 1. The Balaban J connectivity index is 1.59. The highest BCUT2D eigenvalue weighted by Gasteiger charge is 2.42. The number of nitrogens with zero attached hydrogens (tertiary/aromatic N) is 1. The number of carbonyl (C=O) groups excluding carboxylic acids is 1. The van der Waals surface area contributed by atoms with Crippen molar-refractivity contribution in [2.45, 2.75) is 50.4 Å². The van der Waals surface area contributed by atoms with Gasteiger partial charge in [0.05, 0.1) is 18.2 Å². The van der Waals surface area contributed by atoms with Crippen molar-refractivity contribution in [2.24, 2.45) is 0 Å². The van der Waals surface area contributed by atoms with Gasteiger partial charge >= 0.3 is 0 Å². The van der Waals surface area contributed by atoms with Gasteiger partial charge in [-0.15, -0.1) is 11.3 Å². The van der Waals surface area contributed by atoms with Crippen molar-refractivity contribution in [1.82, 2.24) is 4.98 Å². The van der Waals surface area contributed by atoms with Crippen LogP contribution in [0.5, 0.6) is 5.75 Å². The first-order valence-corrected chi connectivity index (χ1v) is 10.6. The Labute approximate surface area is 164 Å². The van der Waals surface area contributed by atoms with E-state index >= 15 is 0 Å². The van der Waals surface area contributed by atoms with Crippen LogP contribution in [0.3, 0.4) is 0 Å². The minimum absolute atomic E-state index is 0.0277. The number of carbonyl (C=O) groups is 1. The molecule has 2 heterocycles. The average Bonchev–Trinajstić information content (AvgIpc) is 2.96. The van der Waals surface area contributed by atoms with E-state index in [2.05, 4.69) is 5.32 Å². The van der Waals surface area contributed by atoms with Gasteiger partial charge in [0.2, 0.25) is 5.91 Å². The third kappa shape index (κ3) is 3.73. The maximum absolute atomic E-state index is 13.4. The first kappa shape index (κ1) is 18.4. The molecule has 2 aliphatic rings. The molecule has 0 spiro atoms. The molecular formula is C21H26N2O3S. The fraction of sp³-hybridized carbons (Fsp3) is 0.524. The van der Waals surface area contributed by atoms with Gasteiger partial charge in [0.1, 0.15) is 5.75 Å². The number of fused-ring (bicyclic) bond motifs is 1. The molecule has 0 radical (unpaired) electrons. The number of amides is 1. The molecule has 0 atom stereocenters. The Morgan fingerprint density at radius 1 is 1.15 bits per heavy atom. The van der Waals surface area contributed by atoms with Gasteiger partial charge in [0, 0.05) is 18.1 Å². The number of aromatic nitrogens is 1. The van der Waals surface area contributed by atoms with Crippen LogP contribution in [0, 0.1) is 0 Å². The predicted octanol–water partition coefficient (Wildman–Crippen LogP) is 4.11. The summed E-state index contributed by atoms with van der Waals surface area (Å²) in [5, 5.41) is 3.88. The zero-order chi connectivity index (χ0) is 18.7. The van der Waals surface area contributed by atoms with Crippen LogP contribution in [0.25, 0.3) is 0 Å². The Morgan fingerprint density at radius 2 is 1.89 bits per heavy atom. The summed E-state index contributed by atoms with van der Waals surface area (Å²) in [7, 11) is 1.65. The molecule has 1 aliphatic carbocycles. The van der Waals surface area contributed by atoms with Crippen LogP contribution in [0.15, 0.2) is 24.3 Å². The molecule has 4 rings (SSSR count).